The highest BCUT2D eigenvalue weighted by molar-refractivity contribution is 5.98. The zero-order valence-corrected chi connectivity index (χ0v) is 14.5. The molecule has 0 saturated carbocycles. The molecule has 136 valence electrons. The van der Waals surface area contributed by atoms with Crippen molar-refractivity contribution in [3.63, 3.8) is 0 Å². The van der Waals surface area contributed by atoms with Crippen molar-refractivity contribution < 1.29 is 18.4 Å². The van der Waals surface area contributed by atoms with Gasteiger partial charge in [0.25, 0.3) is 0 Å². The van der Waals surface area contributed by atoms with Gasteiger partial charge in [-0.3, -0.25) is 9.59 Å². The number of hydrogen-bond donors (Lipinski definition) is 0. The van der Waals surface area contributed by atoms with Crippen LogP contribution in [-0.4, -0.2) is 41.6 Å². The first-order chi connectivity index (χ1) is 12.4. The number of benzene rings is 1. The Morgan fingerprint density at radius 3 is 2.54 bits per heavy atom. The molecule has 6 heteroatoms. The third-order valence-electron chi connectivity index (χ3n) is 4.73. The third kappa shape index (κ3) is 4.19. The number of nitrogens with zero attached hydrogens (tertiary/aromatic N) is 2. The summed E-state index contributed by atoms with van der Waals surface area (Å²) in [7, 11) is 2.03. The summed E-state index contributed by atoms with van der Waals surface area (Å²) >= 11 is 0. The predicted octanol–water partition coefficient (Wildman–Crippen LogP) is 3.31. The van der Waals surface area contributed by atoms with Gasteiger partial charge in [-0.25, -0.2) is 13.8 Å². The Labute approximate surface area is 150 Å². The van der Waals surface area contributed by atoms with Gasteiger partial charge in [0.15, 0.2) is 23.2 Å². The Balaban J connectivity index is 1.71. The Morgan fingerprint density at radius 2 is 1.85 bits per heavy atom. The van der Waals surface area contributed by atoms with E-state index in [1.165, 1.54) is 6.07 Å². The van der Waals surface area contributed by atoms with Crippen LogP contribution in [0.4, 0.5) is 8.78 Å². The molecule has 0 atom stereocenters. The molecule has 3 rings (SSSR count). The summed E-state index contributed by atoms with van der Waals surface area (Å²) < 4.78 is 26.3. The van der Waals surface area contributed by atoms with Gasteiger partial charge in [-0.1, -0.05) is 6.07 Å². The maximum Gasteiger partial charge on any atom is 0.184 e. The van der Waals surface area contributed by atoms with Crippen molar-refractivity contribution in [3.05, 3.63) is 65.0 Å². The molecule has 2 aromatic rings. The lowest BCUT2D eigenvalue weighted by atomic mass is 9.91. The average Bonchev–Trinajstić information content (AvgIpc) is 2.64. The van der Waals surface area contributed by atoms with Crippen LogP contribution in [0.2, 0.25) is 0 Å². The van der Waals surface area contributed by atoms with Crippen molar-refractivity contribution >= 4 is 11.6 Å². The van der Waals surface area contributed by atoms with Crippen molar-refractivity contribution in [3.8, 4) is 0 Å². The highest BCUT2D eigenvalue weighted by Gasteiger charge is 2.25. The largest absolute Gasteiger partial charge is 0.306 e. The molecular formula is C20H20F2N2O2. The van der Waals surface area contributed by atoms with Gasteiger partial charge in [-0.05, 0) is 63.3 Å². The van der Waals surface area contributed by atoms with E-state index in [1.807, 2.05) is 7.05 Å². The van der Waals surface area contributed by atoms with Crippen LogP contribution in [0.15, 0.2) is 36.4 Å². The van der Waals surface area contributed by atoms with E-state index >= 15 is 0 Å². The number of Topliss-reactive ketones (excluding diaryl/α,β-unsaturated/α-hetero) is 2. The fourth-order valence-electron chi connectivity index (χ4n) is 3.13. The second kappa shape index (κ2) is 7.83. The van der Waals surface area contributed by atoms with E-state index in [4.69, 9.17) is 0 Å². The normalized spacial score (nSPS) is 15.8. The minimum absolute atomic E-state index is 0.000209. The Hall–Kier alpha value is -2.47. The molecule has 0 bridgehead atoms. The molecule has 1 aromatic heterocycles. The van der Waals surface area contributed by atoms with Crippen LogP contribution in [0.3, 0.4) is 0 Å². The first kappa shape index (κ1) is 18.3. The molecular weight excluding hydrogens is 338 g/mol. The van der Waals surface area contributed by atoms with E-state index in [2.05, 4.69) is 9.88 Å². The fourth-order valence-corrected chi connectivity index (χ4v) is 3.13. The Kier molecular flexibility index (Phi) is 5.52. The smallest absolute Gasteiger partial charge is 0.184 e. The van der Waals surface area contributed by atoms with Crippen molar-refractivity contribution in [2.75, 3.05) is 20.1 Å². The summed E-state index contributed by atoms with van der Waals surface area (Å²) in [5.74, 6) is -2.48. The number of halogens is 2. The van der Waals surface area contributed by atoms with Gasteiger partial charge in [-0.15, -0.1) is 0 Å². The van der Waals surface area contributed by atoms with Crippen molar-refractivity contribution in [2.24, 2.45) is 5.92 Å². The quantitative estimate of drug-likeness (QED) is 0.770. The maximum absolute atomic E-state index is 13.3. The number of hydrogen-bond acceptors (Lipinski definition) is 4. The second-order valence-corrected chi connectivity index (χ2v) is 6.68. The lowest BCUT2D eigenvalue weighted by molar-refractivity contribution is 0.0850. The van der Waals surface area contributed by atoms with Crippen LogP contribution in [0.1, 0.15) is 39.4 Å². The highest BCUT2D eigenvalue weighted by Crippen LogP contribution is 2.20. The van der Waals surface area contributed by atoms with E-state index in [-0.39, 0.29) is 29.5 Å². The summed E-state index contributed by atoms with van der Waals surface area (Å²) in [4.78, 5) is 31.4. The summed E-state index contributed by atoms with van der Waals surface area (Å²) in [6.07, 6.45) is 1.53. The van der Waals surface area contributed by atoms with Gasteiger partial charge >= 0.3 is 0 Å². The zero-order valence-electron chi connectivity index (χ0n) is 14.5. The summed E-state index contributed by atoms with van der Waals surface area (Å²) in [6, 6.07) is 8.06. The van der Waals surface area contributed by atoms with E-state index in [9.17, 15) is 18.4 Å². The minimum Gasteiger partial charge on any atom is -0.306 e. The molecule has 1 aromatic carbocycles. The van der Waals surface area contributed by atoms with Crippen LogP contribution >= 0.6 is 0 Å². The molecule has 1 fully saturated rings. The van der Waals surface area contributed by atoms with Crippen LogP contribution in [-0.2, 0) is 6.42 Å². The van der Waals surface area contributed by atoms with Crippen molar-refractivity contribution in [1.82, 2.24) is 9.88 Å². The van der Waals surface area contributed by atoms with Crippen LogP contribution in [0, 0.1) is 17.6 Å². The van der Waals surface area contributed by atoms with E-state index in [0.29, 0.717) is 11.4 Å². The maximum atomic E-state index is 13.3. The molecule has 0 unspecified atom stereocenters. The SMILES string of the molecule is CN1CCC(C(=O)c2cccc(CC(=O)c3ccc(F)c(F)c3)n2)CC1. The summed E-state index contributed by atoms with van der Waals surface area (Å²) in [6.45, 7) is 1.76. The topological polar surface area (TPSA) is 50.3 Å². The monoisotopic (exact) mass is 358 g/mol. The number of ketones is 2. The fraction of sp³-hybridized carbons (Fsp3) is 0.350. The summed E-state index contributed by atoms with van der Waals surface area (Å²) in [5.41, 5.74) is 0.881. The van der Waals surface area contributed by atoms with Crippen molar-refractivity contribution in [2.45, 2.75) is 19.3 Å². The molecule has 1 saturated heterocycles. The molecule has 0 amide bonds. The molecule has 0 radical (unpaired) electrons. The number of piperidine rings is 1. The molecule has 0 aliphatic carbocycles. The molecule has 1 aliphatic heterocycles. The number of carbonyl (C=O) groups excluding carboxylic acids is 2. The Bertz CT molecular complexity index is 830. The number of carbonyl (C=O) groups is 2. The standard InChI is InChI=1S/C20H20F2N2O2/c1-24-9-7-13(8-10-24)20(26)18-4-2-3-15(23-18)12-19(25)14-5-6-16(21)17(22)11-14/h2-6,11,13H,7-10,12H2,1H3. The molecule has 1 aliphatic rings. The van der Waals surface area contributed by atoms with Gasteiger partial charge in [0, 0.05) is 17.2 Å². The Morgan fingerprint density at radius 1 is 1.12 bits per heavy atom. The first-order valence-corrected chi connectivity index (χ1v) is 8.61. The van der Waals surface area contributed by atoms with E-state index in [1.54, 1.807) is 18.2 Å². The first-order valence-electron chi connectivity index (χ1n) is 8.61. The van der Waals surface area contributed by atoms with E-state index in [0.717, 1.165) is 38.1 Å². The molecule has 2 heterocycles. The molecule has 0 N–H and O–H groups in total. The van der Waals surface area contributed by atoms with Crippen molar-refractivity contribution in [1.29, 1.82) is 0 Å². The van der Waals surface area contributed by atoms with Gasteiger partial charge in [0.1, 0.15) is 5.69 Å². The zero-order chi connectivity index (χ0) is 18.7. The average molecular weight is 358 g/mol. The molecule has 26 heavy (non-hydrogen) atoms. The van der Waals surface area contributed by atoms with Crippen LogP contribution in [0.25, 0.3) is 0 Å². The van der Waals surface area contributed by atoms with Gasteiger partial charge < -0.3 is 4.90 Å². The van der Waals surface area contributed by atoms with Gasteiger partial charge in [-0.2, -0.15) is 0 Å². The predicted molar refractivity (Wildman–Crippen MR) is 93.2 cm³/mol. The van der Waals surface area contributed by atoms with Crippen LogP contribution in [0.5, 0.6) is 0 Å². The number of rotatable bonds is 5. The number of likely N-dealkylation sites (tertiary alicyclic amines) is 1. The lowest BCUT2D eigenvalue weighted by Gasteiger charge is -2.27. The molecule has 0 spiro atoms. The number of pyridine rings is 1. The minimum atomic E-state index is -1.06. The highest BCUT2D eigenvalue weighted by atomic mass is 19.2. The van der Waals surface area contributed by atoms with E-state index < -0.39 is 11.6 Å². The summed E-state index contributed by atoms with van der Waals surface area (Å²) in [5, 5.41) is 0. The van der Waals surface area contributed by atoms with Gasteiger partial charge in [0.2, 0.25) is 0 Å². The third-order valence-corrected chi connectivity index (χ3v) is 4.73. The second-order valence-electron chi connectivity index (χ2n) is 6.68. The lowest BCUT2D eigenvalue weighted by Crippen LogP contribution is -2.33. The number of aromatic nitrogens is 1. The van der Waals surface area contributed by atoms with Crippen LogP contribution < -0.4 is 0 Å². The molecule has 4 nitrogen and oxygen atoms in total. The van der Waals surface area contributed by atoms with Gasteiger partial charge in [0.05, 0.1) is 6.42 Å².